The van der Waals surface area contributed by atoms with Crippen molar-refractivity contribution in [1.82, 2.24) is 15.2 Å². The highest BCUT2D eigenvalue weighted by molar-refractivity contribution is 6.62. The van der Waals surface area contributed by atoms with Gasteiger partial charge >= 0.3 is 7.12 Å². The largest absolute Gasteiger partial charge is 0.496 e. The Kier molecular flexibility index (Phi) is 6.16. The van der Waals surface area contributed by atoms with E-state index in [1.165, 1.54) is 0 Å². The van der Waals surface area contributed by atoms with E-state index in [4.69, 9.17) is 9.31 Å². The molecule has 1 amide bonds. The first-order valence-corrected chi connectivity index (χ1v) is 7.45. The van der Waals surface area contributed by atoms with Crippen LogP contribution in [0.15, 0.2) is 18.5 Å². The van der Waals surface area contributed by atoms with Crippen LogP contribution in [0.1, 0.15) is 24.2 Å². The molecule has 0 saturated carbocycles. The predicted octanol–water partition coefficient (Wildman–Crippen LogP) is -0.105. The Morgan fingerprint density at radius 2 is 2.00 bits per heavy atom. The summed E-state index contributed by atoms with van der Waals surface area (Å²) in [5.74, 6) is -0.00946. The Bertz CT molecular complexity index is 461. The van der Waals surface area contributed by atoms with Crippen LogP contribution in [-0.2, 0) is 9.31 Å². The Morgan fingerprint density at radius 3 is 2.62 bits per heavy atom. The highest BCUT2D eigenvalue weighted by atomic mass is 16.6. The normalized spacial score (nSPS) is 16.2. The molecule has 2 heterocycles. The van der Waals surface area contributed by atoms with Crippen LogP contribution in [0.25, 0.3) is 0 Å². The van der Waals surface area contributed by atoms with Crippen LogP contribution in [0, 0.1) is 0 Å². The van der Waals surface area contributed by atoms with Gasteiger partial charge in [-0.3, -0.25) is 9.78 Å². The maximum Gasteiger partial charge on any atom is 0.496 e. The van der Waals surface area contributed by atoms with Crippen molar-refractivity contribution in [3.63, 3.8) is 0 Å². The van der Waals surface area contributed by atoms with Crippen LogP contribution in [-0.4, -0.2) is 62.3 Å². The van der Waals surface area contributed by atoms with Gasteiger partial charge in [0.15, 0.2) is 0 Å². The second-order valence-electron chi connectivity index (χ2n) is 4.76. The molecule has 0 radical (unpaired) electrons. The molecule has 1 aliphatic rings. The second-order valence-corrected chi connectivity index (χ2v) is 4.76. The number of hydrogen-bond acceptors (Lipinski definition) is 5. The van der Waals surface area contributed by atoms with Crippen molar-refractivity contribution in [3.8, 4) is 0 Å². The number of amides is 1. The average molecular weight is 291 g/mol. The van der Waals surface area contributed by atoms with Crippen LogP contribution in [0.5, 0.6) is 0 Å². The fraction of sp³-hybridized carbons (Fsp3) is 0.571. The van der Waals surface area contributed by atoms with Crippen molar-refractivity contribution >= 4 is 18.5 Å². The molecule has 2 rings (SSSR count). The molecule has 0 unspecified atom stereocenters. The minimum absolute atomic E-state index is 0.00946. The number of hydrogen-bond donors (Lipinski definition) is 1. The van der Waals surface area contributed by atoms with Gasteiger partial charge in [-0.25, -0.2) is 0 Å². The summed E-state index contributed by atoms with van der Waals surface area (Å²) in [7, 11) is -0.532. The molecule has 0 bridgehead atoms. The molecule has 0 aliphatic carbocycles. The summed E-state index contributed by atoms with van der Waals surface area (Å²) in [6.07, 6.45) is 3.29. The van der Waals surface area contributed by atoms with Gasteiger partial charge < -0.3 is 19.5 Å². The molecule has 0 spiro atoms. The molecule has 6 nitrogen and oxygen atoms in total. The molecule has 1 saturated heterocycles. The Hall–Kier alpha value is -1.44. The SMILES string of the molecule is CCN(CC)C(=O)c1ccncc1B1OCCNCCO1. The fourth-order valence-corrected chi connectivity index (χ4v) is 2.30. The summed E-state index contributed by atoms with van der Waals surface area (Å²) in [6.45, 7) is 7.92. The van der Waals surface area contributed by atoms with Gasteiger partial charge in [-0.15, -0.1) is 0 Å². The maximum absolute atomic E-state index is 12.6. The first-order chi connectivity index (χ1) is 10.3. The van der Waals surface area contributed by atoms with E-state index in [2.05, 4.69) is 10.3 Å². The zero-order chi connectivity index (χ0) is 15.1. The predicted molar refractivity (Wildman–Crippen MR) is 81.7 cm³/mol. The molecule has 114 valence electrons. The lowest BCUT2D eigenvalue weighted by atomic mass is 9.76. The molecule has 21 heavy (non-hydrogen) atoms. The summed E-state index contributed by atoms with van der Waals surface area (Å²) in [5, 5.41) is 3.19. The number of carbonyl (C=O) groups excluding carboxylic acids is 1. The standard InChI is InChI=1S/C14H22BN3O3/c1-3-18(4-2)14(19)12-5-6-17-11-13(12)15-20-9-7-16-8-10-21-15/h5-6,11,16H,3-4,7-10H2,1-2H3. The van der Waals surface area contributed by atoms with Gasteiger partial charge in [0.05, 0.1) is 0 Å². The molecule has 7 heteroatoms. The van der Waals surface area contributed by atoms with E-state index < -0.39 is 7.12 Å². The van der Waals surface area contributed by atoms with E-state index in [-0.39, 0.29) is 5.91 Å². The average Bonchev–Trinajstić information content (AvgIpc) is 2.48. The molecule has 1 aliphatic heterocycles. The summed E-state index contributed by atoms with van der Waals surface area (Å²) < 4.78 is 11.4. The van der Waals surface area contributed by atoms with Crippen LogP contribution in [0.3, 0.4) is 0 Å². The van der Waals surface area contributed by atoms with E-state index in [1.54, 1.807) is 23.4 Å². The lowest BCUT2D eigenvalue weighted by Gasteiger charge is -2.23. The molecule has 1 fully saturated rings. The second kappa shape index (κ2) is 8.12. The zero-order valence-corrected chi connectivity index (χ0v) is 12.7. The number of aromatic nitrogens is 1. The van der Waals surface area contributed by atoms with Gasteiger partial charge in [0.1, 0.15) is 0 Å². The van der Waals surface area contributed by atoms with Crippen molar-refractivity contribution < 1.29 is 14.1 Å². The number of pyridine rings is 1. The van der Waals surface area contributed by atoms with E-state index in [0.29, 0.717) is 37.3 Å². The summed E-state index contributed by atoms with van der Waals surface area (Å²) in [4.78, 5) is 18.5. The van der Waals surface area contributed by atoms with E-state index >= 15 is 0 Å². The maximum atomic E-state index is 12.6. The van der Waals surface area contributed by atoms with Gasteiger partial charge in [0.2, 0.25) is 0 Å². The van der Waals surface area contributed by atoms with Gasteiger partial charge in [0.25, 0.3) is 5.91 Å². The third kappa shape index (κ3) is 4.03. The van der Waals surface area contributed by atoms with E-state index in [9.17, 15) is 4.79 Å². The first kappa shape index (κ1) is 15.9. The Morgan fingerprint density at radius 1 is 1.33 bits per heavy atom. The van der Waals surface area contributed by atoms with Crippen molar-refractivity contribution in [2.75, 3.05) is 39.4 Å². The van der Waals surface area contributed by atoms with E-state index in [0.717, 1.165) is 13.1 Å². The third-order valence-electron chi connectivity index (χ3n) is 3.48. The molecule has 0 atom stereocenters. The first-order valence-electron chi connectivity index (χ1n) is 7.45. The Labute approximate surface area is 126 Å². The van der Waals surface area contributed by atoms with Gasteiger partial charge in [-0.05, 0) is 19.9 Å². The minimum atomic E-state index is -0.532. The number of nitrogens with one attached hydrogen (secondary N) is 1. The van der Waals surface area contributed by atoms with Crippen LogP contribution in [0.2, 0.25) is 0 Å². The smallest absolute Gasteiger partial charge is 0.406 e. The molecule has 1 aromatic heterocycles. The van der Waals surface area contributed by atoms with Crippen LogP contribution >= 0.6 is 0 Å². The number of carbonyl (C=O) groups is 1. The number of nitrogens with zero attached hydrogens (tertiary/aromatic N) is 2. The van der Waals surface area contributed by atoms with Crippen molar-refractivity contribution in [2.24, 2.45) is 0 Å². The summed E-state index contributed by atoms with van der Waals surface area (Å²) in [6, 6.07) is 1.74. The van der Waals surface area contributed by atoms with Gasteiger partial charge in [-0.1, -0.05) is 0 Å². The number of rotatable bonds is 4. The molecule has 1 N–H and O–H groups in total. The van der Waals surface area contributed by atoms with Crippen LogP contribution < -0.4 is 10.8 Å². The lowest BCUT2D eigenvalue weighted by molar-refractivity contribution is 0.0773. The van der Waals surface area contributed by atoms with Crippen molar-refractivity contribution in [3.05, 3.63) is 24.0 Å². The highest BCUT2D eigenvalue weighted by Crippen LogP contribution is 2.05. The fourth-order valence-electron chi connectivity index (χ4n) is 2.30. The lowest BCUT2D eigenvalue weighted by Crippen LogP contribution is -2.46. The van der Waals surface area contributed by atoms with Crippen molar-refractivity contribution in [2.45, 2.75) is 13.8 Å². The van der Waals surface area contributed by atoms with Gasteiger partial charge in [0, 0.05) is 62.8 Å². The van der Waals surface area contributed by atoms with Crippen LogP contribution in [0.4, 0.5) is 0 Å². The minimum Gasteiger partial charge on any atom is -0.406 e. The van der Waals surface area contributed by atoms with Gasteiger partial charge in [-0.2, -0.15) is 0 Å². The quantitative estimate of drug-likeness (QED) is 0.785. The molecular formula is C14H22BN3O3. The molecular weight excluding hydrogens is 269 g/mol. The Balaban J connectivity index is 2.24. The summed E-state index contributed by atoms with van der Waals surface area (Å²) in [5.41, 5.74) is 1.31. The monoisotopic (exact) mass is 291 g/mol. The van der Waals surface area contributed by atoms with E-state index in [1.807, 2.05) is 13.8 Å². The molecule has 0 aromatic carbocycles. The zero-order valence-electron chi connectivity index (χ0n) is 12.7. The third-order valence-corrected chi connectivity index (χ3v) is 3.48. The van der Waals surface area contributed by atoms with Crippen molar-refractivity contribution in [1.29, 1.82) is 0 Å². The highest BCUT2D eigenvalue weighted by Gasteiger charge is 2.29. The summed E-state index contributed by atoms with van der Waals surface area (Å²) >= 11 is 0. The topological polar surface area (TPSA) is 63.7 Å². The molecule has 1 aromatic rings.